The molecule has 3 nitrogen and oxygen atoms in total. The summed E-state index contributed by atoms with van der Waals surface area (Å²) in [5.74, 6) is -0.943. The van der Waals surface area contributed by atoms with Crippen LogP contribution in [0.15, 0.2) is 18.2 Å². The first-order valence-corrected chi connectivity index (χ1v) is 6.23. The average molecular weight is 254 g/mol. The molecule has 2 rings (SSSR count). The van der Waals surface area contributed by atoms with Crippen molar-refractivity contribution < 1.29 is 9.90 Å². The van der Waals surface area contributed by atoms with E-state index in [1.54, 1.807) is 12.1 Å². The molecule has 0 bridgehead atoms. The van der Waals surface area contributed by atoms with Crippen LogP contribution in [0, 0.1) is 0 Å². The van der Waals surface area contributed by atoms with Crippen molar-refractivity contribution in [2.24, 2.45) is 0 Å². The van der Waals surface area contributed by atoms with Crippen LogP contribution in [0.25, 0.3) is 0 Å². The molecule has 0 amide bonds. The van der Waals surface area contributed by atoms with Crippen molar-refractivity contribution in [3.63, 3.8) is 0 Å². The zero-order chi connectivity index (χ0) is 12.4. The number of hydrogen-bond donors (Lipinski definition) is 1. The number of anilines is 1. The maximum absolute atomic E-state index is 10.8. The lowest BCUT2D eigenvalue weighted by molar-refractivity contribution is 0.0697. The van der Waals surface area contributed by atoms with E-state index in [1.807, 2.05) is 7.05 Å². The molecule has 0 atom stereocenters. The number of benzene rings is 1. The molecule has 4 heteroatoms. The fourth-order valence-electron chi connectivity index (χ4n) is 2.41. The van der Waals surface area contributed by atoms with Gasteiger partial charge < -0.3 is 10.0 Å². The third-order valence-electron chi connectivity index (χ3n) is 3.45. The zero-order valence-electron chi connectivity index (χ0n) is 9.82. The summed E-state index contributed by atoms with van der Waals surface area (Å²) in [4.78, 5) is 13.0. The van der Waals surface area contributed by atoms with Gasteiger partial charge in [0.15, 0.2) is 0 Å². The number of carbonyl (C=O) groups is 1. The number of carboxylic acids is 1. The average Bonchev–Trinajstić information content (AvgIpc) is 2.81. The Morgan fingerprint density at radius 2 is 2.06 bits per heavy atom. The van der Waals surface area contributed by atoms with Crippen molar-refractivity contribution in [3.05, 3.63) is 28.8 Å². The molecule has 0 heterocycles. The maximum atomic E-state index is 10.8. The van der Waals surface area contributed by atoms with Crippen LogP contribution in [-0.4, -0.2) is 24.2 Å². The van der Waals surface area contributed by atoms with Crippen LogP contribution in [0.5, 0.6) is 0 Å². The quantitative estimate of drug-likeness (QED) is 0.897. The summed E-state index contributed by atoms with van der Waals surface area (Å²) in [6.45, 7) is 0. The molecule has 92 valence electrons. The van der Waals surface area contributed by atoms with Gasteiger partial charge in [-0.3, -0.25) is 0 Å². The first-order chi connectivity index (χ1) is 8.09. The molecule has 0 unspecified atom stereocenters. The molecular weight excluding hydrogens is 238 g/mol. The molecule has 1 fully saturated rings. The molecule has 1 aromatic rings. The van der Waals surface area contributed by atoms with Gasteiger partial charge in [0.05, 0.1) is 16.3 Å². The zero-order valence-corrected chi connectivity index (χ0v) is 10.6. The minimum Gasteiger partial charge on any atom is -0.478 e. The molecule has 0 aliphatic heterocycles. The van der Waals surface area contributed by atoms with E-state index in [4.69, 9.17) is 16.7 Å². The number of hydrogen-bond acceptors (Lipinski definition) is 2. The van der Waals surface area contributed by atoms with Crippen LogP contribution in [0.3, 0.4) is 0 Å². The lowest BCUT2D eigenvalue weighted by Gasteiger charge is -2.27. The fourth-order valence-corrected chi connectivity index (χ4v) is 2.73. The van der Waals surface area contributed by atoms with Crippen molar-refractivity contribution in [2.45, 2.75) is 31.7 Å². The number of carboxylic acid groups (broad SMARTS) is 1. The highest BCUT2D eigenvalue weighted by atomic mass is 35.5. The van der Waals surface area contributed by atoms with Crippen molar-refractivity contribution in [2.75, 3.05) is 11.9 Å². The minimum absolute atomic E-state index is 0.235. The molecule has 1 aromatic carbocycles. The summed E-state index contributed by atoms with van der Waals surface area (Å²) >= 11 is 6.14. The van der Waals surface area contributed by atoms with Gasteiger partial charge in [0.2, 0.25) is 0 Å². The Labute approximate surface area is 106 Å². The molecule has 0 saturated heterocycles. The second-order valence-electron chi connectivity index (χ2n) is 4.52. The normalized spacial score (nSPS) is 16.1. The Kier molecular flexibility index (Phi) is 3.57. The molecule has 1 aliphatic carbocycles. The van der Waals surface area contributed by atoms with Crippen molar-refractivity contribution in [1.82, 2.24) is 0 Å². The topological polar surface area (TPSA) is 40.5 Å². The van der Waals surface area contributed by atoms with Crippen molar-refractivity contribution >= 4 is 23.3 Å². The maximum Gasteiger partial charge on any atom is 0.335 e. The van der Waals surface area contributed by atoms with Gasteiger partial charge in [-0.05, 0) is 31.0 Å². The fraction of sp³-hybridized carbons (Fsp3) is 0.462. The smallest absolute Gasteiger partial charge is 0.335 e. The Bertz CT molecular complexity index is 427. The van der Waals surface area contributed by atoms with Gasteiger partial charge in [0.1, 0.15) is 0 Å². The summed E-state index contributed by atoms with van der Waals surface area (Å²) in [6.07, 6.45) is 4.90. The molecule has 1 aliphatic rings. The van der Waals surface area contributed by atoms with E-state index in [9.17, 15) is 4.79 Å². The molecule has 0 aromatic heterocycles. The highest BCUT2D eigenvalue weighted by Crippen LogP contribution is 2.32. The third-order valence-corrected chi connectivity index (χ3v) is 3.75. The lowest BCUT2D eigenvalue weighted by atomic mass is 10.1. The van der Waals surface area contributed by atoms with E-state index in [2.05, 4.69) is 4.90 Å². The monoisotopic (exact) mass is 253 g/mol. The van der Waals surface area contributed by atoms with E-state index < -0.39 is 5.97 Å². The van der Waals surface area contributed by atoms with E-state index in [1.165, 1.54) is 31.7 Å². The first kappa shape index (κ1) is 12.2. The van der Waals surface area contributed by atoms with E-state index in [0.29, 0.717) is 11.1 Å². The van der Waals surface area contributed by atoms with Gasteiger partial charge in [-0.15, -0.1) is 0 Å². The van der Waals surface area contributed by atoms with Crippen LogP contribution in [-0.2, 0) is 0 Å². The number of halogens is 1. The van der Waals surface area contributed by atoms with Crippen LogP contribution in [0.1, 0.15) is 36.0 Å². The number of nitrogens with zero attached hydrogens (tertiary/aromatic N) is 1. The van der Waals surface area contributed by atoms with E-state index in [0.717, 1.165) is 5.69 Å². The van der Waals surface area contributed by atoms with Gasteiger partial charge in [-0.25, -0.2) is 4.79 Å². The Balaban J connectivity index is 2.23. The van der Waals surface area contributed by atoms with Gasteiger partial charge in [-0.1, -0.05) is 24.4 Å². The summed E-state index contributed by atoms with van der Waals surface area (Å²) in [7, 11) is 2.03. The SMILES string of the molecule is CN(c1ccc(C(=O)O)cc1Cl)C1CCCC1. The molecular formula is C13H16ClNO2. The minimum atomic E-state index is -0.943. The number of aromatic carboxylic acids is 1. The Morgan fingerprint density at radius 3 is 2.59 bits per heavy atom. The highest BCUT2D eigenvalue weighted by molar-refractivity contribution is 6.33. The number of rotatable bonds is 3. The van der Waals surface area contributed by atoms with Crippen molar-refractivity contribution in [3.8, 4) is 0 Å². The predicted molar refractivity (Wildman–Crippen MR) is 69.1 cm³/mol. The summed E-state index contributed by atoms with van der Waals surface area (Å²) < 4.78 is 0. The second kappa shape index (κ2) is 4.96. The van der Waals surface area contributed by atoms with Gasteiger partial charge >= 0.3 is 5.97 Å². The summed E-state index contributed by atoms with van der Waals surface area (Å²) in [6, 6.07) is 5.45. The van der Waals surface area contributed by atoms with Gasteiger partial charge in [0, 0.05) is 13.1 Å². The van der Waals surface area contributed by atoms with Crippen LogP contribution in [0.2, 0.25) is 5.02 Å². The first-order valence-electron chi connectivity index (χ1n) is 5.85. The van der Waals surface area contributed by atoms with E-state index in [-0.39, 0.29) is 5.56 Å². The molecule has 1 N–H and O–H groups in total. The largest absolute Gasteiger partial charge is 0.478 e. The molecule has 0 spiro atoms. The molecule has 17 heavy (non-hydrogen) atoms. The van der Waals surface area contributed by atoms with Crippen LogP contribution < -0.4 is 4.90 Å². The highest BCUT2D eigenvalue weighted by Gasteiger charge is 2.21. The predicted octanol–water partition coefficient (Wildman–Crippen LogP) is 3.42. The molecule has 1 saturated carbocycles. The van der Waals surface area contributed by atoms with Crippen LogP contribution in [0.4, 0.5) is 5.69 Å². The van der Waals surface area contributed by atoms with Crippen LogP contribution >= 0.6 is 11.6 Å². The van der Waals surface area contributed by atoms with E-state index >= 15 is 0 Å². The molecule has 0 radical (unpaired) electrons. The second-order valence-corrected chi connectivity index (χ2v) is 4.93. The lowest BCUT2D eigenvalue weighted by Crippen LogP contribution is -2.29. The van der Waals surface area contributed by atoms with Crippen molar-refractivity contribution in [1.29, 1.82) is 0 Å². The Morgan fingerprint density at radius 1 is 1.41 bits per heavy atom. The van der Waals surface area contributed by atoms with Gasteiger partial charge in [-0.2, -0.15) is 0 Å². The standard InChI is InChI=1S/C13H16ClNO2/c1-15(10-4-2-3-5-10)12-7-6-9(13(16)17)8-11(12)14/h6-8,10H,2-5H2,1H3,(H,16,17). The third kappa shape index (κ3) is 2.55. The summed E-state index contributed by atoms with van der Waals surface area (Å²) in [5, 5.41) is 9.39. The van der Waals surface area contributed by atoms with Gasteiger partial charge in [0.25, 0.3) is 0 Å². The summed E-state index contributed by atoms with van der Waals surface area (Å²) in [5.41, 5.74) is 1.15. The Hall–Kier alpha value is -1.22.